The van der Waals surface area contributed by atoms with Crippen LogP contribution in [0.4, 0.5) is 0 Å². The third-order valence-corrected chi connectivity index (χ3v) is 11.1. The lowest BCUT2D eigenvalue weighted by atomic mass is 10.0. The molecule has 2 aromatic rings. The maximum Gasteiger partial charge on any atom is 0.193 e. The number of methoxy groups -OCH3 is 1. The molecule has 3 rings (SSSR count). The van der Waals surface area contributed by atoms with E-state index in [1.165, 1.54) is 12.8 Å². The lowest BCUT2D eigenvalue weighted by molar-refractivity contribution is 0.103. The largest absolute Gasteiger partial charge is 0.493 e. The molecule has 0 saturated heterocycles. The van der Waals surface area contributed by atoms with Gasteiger partial charge in [-0.25, -0.2) is 0 Å². The Morgan fingerprint density at radius 1 is 0.968 bits per heavy atom. The summed E-state index contributed by atoms with van der Waals surface area (Å²) in [6.45, 7) is 11.8. The Hall–Kier alpha value is -2.11. The summed E-state index contributed by atoms with van der Waals surface area (Å²) in [6.07, 6.45) is 4.70. The minimum atomic E-state index is -1.80. The third-order valence-electron chi connectivity index (χ3n) is 6.64. The molecule has 4 nitrogen and oxygen atoms in total. The summed E-state index contributed by atoms with van der Waals surface area (Å²) < 4.78 is 17.9. The SMILES string of the molecule is COc1ccc(C(=O)c2ccc(CO[Si](C)(C)C(C)(C)C)cc2)cc1OC1CCCC1. The van der Waals surface area contributed by atoms with E-state index in [0.717, 1.165) is 18.4 Å². The Bertz CT molecular complexity index is 891. The Kier molecular flexibility index (Phi) is 7.27. The summed E-state index contributed by atoms with van der Waals surface area (Å²) >= 11 is 0. The molecular weight excluding hydrogens is 404 g/mol. The van der Waals surface area contributed by atoms with Gasteiger partial charge in [-0.15, -0.1) is 0 Å². The molecule has 31 heavy (non-hydrogen) atoms. The van der Waals surface area contributed by atoms with Crippen LogP contribution < -0.4 is 9.47 Å². The highest BCUT2D eigenvalue weighted by Crippen LogP contribution is 2.37. The zero-order chi connectivity index (χ0) is 22.6. The second-order valence-corrected chi connectivity index (χ2v) is 14.8. The second-order valence-electron chi connectivity index (χ2n) is 9.96. The molecule has 5 heteroatoms. The van der Waals surface area contributed by atoms with Gasteiger partial charge in [-0.3, -0.25) is 4.79 Å². The monoisotopic (exact) mass is 440 g/mol. The van der Waals surface area contributed by atoms with Crippen LogP contribution in [0.15, 0.2) is 42.5 Å². The minimum Gasteiger partial charge on any atom is -0.493 e. The van der Waals surface area contributed by atoms with E-state index in [1.807, 2.05) is 36.4 Å². The molecule has 0 amide bonds. The van der Waals surface area contributed by atoms with E-state index in [1.54, 1.807) is 13.2 Å². The average Bonchev–Trinajstić information content (AvgIpc) is 3.24. The lowest BCUT2D eigenvalue weighted by Gasteiger charge is -2.36. The molecule has 1 aliphatic carbocycles. The summed E-state index contributed by atoms with van der Waals surface area (Å²) in [5.41, 5.74) is 2.36. The van der Waals surface area contributed by atoms with Gasteiger partial charge in [0, 0.05) is 11.1 Å². The smallest absolute Gasteiger partial charge is 0.193 e. The molecule has 0 aliphatic heterocycles. The zero-order valence-corrected chi connectivity index (χ0v) is 20.8. The van der Waals surface area contributed by atoms with Gasteiger partial charge in [0.25, 0.3) is 0 Å². The van der Waals surface area contributed by atoms with Crippen LogP contribution in [0.3, 0.4) is 0 Å². The van der Waals surface area contributed by atoms with Crippen molar-refractivity contribution in [2.45, 2.75) is 77.3 Å². The van der Waals surface area contributed by atoms with Gasteiger partial charge in [0.05, 0.1) is 19.8 Å². The van der Waals surface area contributed by atoms with Crippen molar-refractivity contribution in [3.63, 3.8) is 0 Å². The number of ketones is 1. The highest BCUT2D eigenvalue weighted by molar-refractivity contribution is 6.74. The van der Waals surface area contributed by atoms with Crippen LogP contribution in [0.25, 0.3) is 0 Å². The fraction of sp³-hybridized carbons (Fsp3) is 0.500. The highest BCUT2D eigenvalue weighted by atomic mass is 28.4. The Labute approximate surface area is 188 Å². The van der Waals surface area contributed by atoms with Crippen LogP contribution in [-0.4, -0.2) is 27.3 Å². The van der Waals surface area contributed by atoms with Gasteiger partial charge < -0.3 is 13.9 Å². The molecule has 168 valence electrons. The lowest BCUT2D eigenvalue weighted by Crippen LogP contribution is -2.40. The van der Waals surface area contributed by atoms with E-state index in [4.69, 9.17) is 13.9 Å². The van der Waals surface area contributed by atoms with Crippen molar-refractivity contribution in [3.8, 4) is 11.5 Å². The highest BCUT2D eigenvalue weighted by Gasteiger charge is 2.37. The predicted molar refractivity (Wildman–Crippen MR) is 128 cm³/mol. The molecule has 0 radical (unpaired) electrons. The molecule has 0 N–H and O–H groups in total. The first-order chi connectivity index (χ1) is 14.6. The van der Waals surface area contributed by atoms with Crippen molar-refractivity contribution in [1.82, 2.24) is 0 Å². The van der Waals surface area contributed by atoms with Crippen molar-refractivity contribution < 1.29 is 18.7 Å². The number of carbonyl (C=O) groups is 1. The van der Waals surface area contributed by atoms with Gasteiger partial charge in [-0.2, -0.15) is 0 Å². The van der Waals surface area contributed by atoms with E-state index in [2.05, 4.69) is 33.9 Å². The number of hydrogen-bond acceptors (Lipinski definition) is 4. The first-order valence-electron chi connectivity index (χ1n) is 11.2. The van der Waals surface area contributed by atoms with Crippen molar-refractivity contribution >= 4 is 14.1 Å². The van der Waals surface area contributed by atoms with Crippen LogP contribution >= 0.6 is 0 Å². The average molecular weight is 441 g/mol. The maximum atomic E-state index is 13.1. The van der Waals surface area contributed by atoms with Crippen LogP contribution in [-0.2, 0) is 11.0 Å². The van der Waals surface area contributed by atoms with Gasteiger partial charge in [-0.1, -0.05) is 45.0 Å². The molecular formula is C26H36O4Si. The molecule has 1 fully saturated rings. The molecule has 0 atom stereocenters. The molecule has 0 unspecified atom stereocenters. The Balaban J connectivity index is 1.71. The van der Waals surface area contributed by atoms with Gasteiger partial charge in [-0.05, 0) is 67.6 Å². The summed E-state index contributed by atoms with van der Waals surface area (Å²) in [7, 11) is -0.172. The van der Waals surface area contributed by atoms with Crippen LogP contribution in [0.1, 0.15) is 67.9 Å². The number of hydrogen-bond donors (Lipinski definition) is 0. The molecule has 0 bridgehead atoms. The Morgan fingerprint density at radius 3 is 2.16 bits per heavy atom. The van der Waals surface area contributed by atoms with Gasteiger partial charge in [0.2, 0.25) is 0 Å². The van der Waals surface area contributed by atoms with E-state index >= 15 is 0 Å². The van der Waals surface area contributed by atoms with Gasteiger partial charge in [0.1, 0.15) is 0 Å². The quantitative estimate of drug-likeness (QED) is 0.336. The summed E-state index contributed by atoms with van der Waals surface area (Å²) in [6, 6.07) is 13.2. The van der Waals surface area contributed by atoms with Crippen LogP contribution in [0.5, 0.6) is 11.5 Å². The van der Waals surface area contributed by atoms with E-state index < -0.39 is 8.32 Å². The number of ether oxygens (including phenoxy) is 2. The van der Waals surface area contributed by atoms with Gasteiger partial charge >= 0.3 is 0 Å². The van der Waals surface area contributed by atoms with Crippen molar-refractivity contribution in [3.05, 3.63) is 59.2 Å². The van der Waals surface area contributed by atoms with E-state index in [-0.39, 0.29) is 16.9 Å². The number of rotatable bonds is 8. The number of carbonyl (C=O) groups excluding carboxylic acids is 1. The normalized spacial score (nSPS) is 15.2. The molecule has 0 spiro atoms. The van der Waals surface area contributed by atoms with Crippen LogP contribution in [0.2, 0.25) is 18.1 Å². The summed E-state index contributed by atoms with van der Waals surface area (Å²) in [4.78, 5) is 13.1. The summed E-state index contributed by atoms with van der Waals surface area (Å²) in [5, 5.41) is 0.176. The molecule has 1 aliphatic rings. The van der Waals surface area contributed by atoms with Gasteiger partial charge in [0.15, 0.2) is 25.6 Å². The summed E-state index contributed by atoms with van der Waals surface area (Å²) in [5.74, 6) is 1.30. The fourth-order valence-corrected chi connectivity index (χ4v) is 4.46. The third kappa shape index (κ3) is 5.77. The molecule has 2 aromatic carbocycles. The van der Waals surface area contributed by atoms with Crippen LogP contribution in [0, 0.1) is 0 Å². The molecule has 1 saturated carbocycles. The topological polar surface area (TPSA) is 44.8 Å². The standard InChI is InChI=1S/C26H36O4Si/c1-26(2,3)31(5,6)29-18-19-11-13-20(14-12-19)25(27)21-15-16-23(28-4)24(17-21)30-22-9-7-8-10-22/h11-17,22H,7-10,18H2,1-6H3. The predicted octanol–water partition coefficient (Wildman–Crippen LogP) is 6.77. The molecule has 0 heterocycles. The first kappa shape index (κ1) is 23.5. The van der Waals surface area contributed by atoms with E-state index in [9.17, 15) is 4.79 Å². The fourth-order valence-electron chi connectivity index (χ4n) is 3.50. The van der Waals surface area contributed by atoms with Crippen molar-refractivity contribution in [2.24, 2.45) is 0 Å². The Morgan fingerprint density at radius 2 is 1.58 bits per heavy atom. The number of benzene rings is 2. The maximum absolute atomic E-state index is 13.1. The zero-order valence-electron chi connectivity index (χ0n) is 19.8. The first-order valence-corrected chi connectivity index (χ1v) is 14.1. The second kappa shape index (κ2) is 9.57. The molecule has 0 aromatic heterocycles. The van der Waals surface area contributed by atoms with Crippen molar-refractivity contribution in [1.29, 1.82) is 0 Å². The van der Waals surface area contributed by atoms with Crippen molar-refractivity contribution in [2.75, 3.05) is 7.11 Å². The van der Waals surface area contributed by atoms with E-state index in [0.29, 0.717) is 29.2 Å². The minimum absolute atomic E-state index is 0.0178.